The number of furan rings is 1. The summed E-state index contributed by atoms with van der Waals surface area (Å²) in [5, 5.41) is 11.3. The molecule has 1 aliphatic heterocycles. The Bertz CT molecular complexity index is 1020. The second-order valence-corrected chi connectivity index (χ2v) is 6.63. The number of H-pyrrole nitrogens is 1. The van der Waals surface area contributed by atoms with E-state index in [4.69, 9.17) is 4.42 Å². The molecule has 1 fully saturated rings. The molecule has 1 saturated heterocycles. The van der Waals surface area contributed by atoms with E-state index in [0.29, 0.717) is 37.6 Å². The maximum atomic E-state index is 12.4. The maximum absolute atomic E-state index is 12.4. The predicted molar refractivity (Wildman–Crippen MR) is 94.0 cm³/mol. The van der Waals surface area contributed by atoms with Crippen LogP contribution in [0.2, 0.25) is 0 Å². The van der Waals surface area contributed by atoms with E-state index in [2.05, 4.69) is 4.98 Å². The molecule has 25 heavy (non-hydrogen) atoms. The number of pyridine rings is 1. The Morgan fingerprint density at radius 3 is 2.76 bits per heavy atom. The van der Waals surface area contributed by atoms with E-state index in [1.165, 1.54) is 17.6 Å². The number of fused-ring (bicyclic) bond motifs is 1. The van der Waals surface area contributed by atoms with Crippen LogP contribution in [0, 0.1) is 11.3 Å². The average Bonchev–Trinajstić information content (AvgIpc) is 3.31. The number of carbonyl (C=O) groups is 1. The molecule has 0 aliphatic carbocycles. The van der Waals surface area contributed by atoms with E-state index >= 15 is 0 Å². The lowest BCUT2D eigenvalue weighted by atomic mass is 10.1. The number of hydrogen-bond donors (Lipinski definition) is 1. The second kappa shape index (κ2) is 6.11. The number of piperazine rings is 1. The lowest BCUT2D eigenvalue weighted by Crippen LogP contribution is -2.49. The van der Waals surface area contributed by atoms with Crippen LogP contribution in [0.25, 0.3) is 10.2 Å². The zero-order chi connectivity index (χ0) is 17.4. The van der Waals surface area contributed by atoms with E-state index in [9.17, 15) is 14.9 Å². The molecule has 3 aromatic heterocycles. The Balaban J connectivity index is 1.62. The van der Waals surface area contributed by atoms with Gasteiger partial charge in [-0.15, -0.1) is 11.3 Å². The summed E-state index contributed by atoms with van der Waals surface area (Å²) in [4.78, 5) is 31.0. The molecule has 3 aromatic rings. The third kappa shape index (κ3) is 2.58. The Morgan fingerprint density at radius 1 is 1.28 bits per heavy atom. The van der Waals surface area contributed by atoms with Gasteiger partial charge in [-0.3, -0.25) is 9.59 Å². The van der Waals surface area contributed by atoms with Crippen molar-refractivity contribution in [2.45, 2.75) is 0 Å². The van der Waals surface area contributed by atoms with Gasteiger partial charge < -0.3 is 19.2 Å². The van der Waals surface area contributed by atoms with Crippen LogP contribution in [0.5, 0.6) is 0 Å². The molecule has 7 nitrogen and oxygen atoms in total. The van der Waals surface area contributed by atoms with Gasteiger partial charge in [0.15, 0.2) is 5.76 Å². The van der Waals surface area contributed by atoms with Crippen LogP contribution < -0.4 is 10.5 Å². The third-order valence-corrected chi connectivity index (χ3v) is 5.24. The van der Waals surface area contributed by atoms with Crippen LogP contribution in [0.3, 0.4) is 0 Å². The Hall–Kier alpha value is -3.05. The highest BCUT2D eigenvalue weighted by Gasteiger charge is 2.27. The minimum Gasteiger partial charge on any atom is -0.459 e. The number of anilines is 1. The third-order valence-electron chi connectivity index (χ3n) is 4.32. The van der Waals surface area contributed by atoms with Crippen LogP contribution in [0.15, 0.2) is 39.1 Å². The molecule has 1 amide bonds. The molecule has 0 aromatic carbocycles. The fraction of sp³-hybridized carbons (Fsp3) is 0.235. The van der Waals surface area contributed by atoms with Gasteiger partial charge in [-0.05, 0) is 23.6 Å². The minimum atomic E-state index is -0.377. The fourth-order valence-electron chi connectivity index (χ4n) is 3.09. The molecule has 4 rings (SSSR count). The van der Waals surface area contributed by atoms with Crippen molar-refractivity contribution in [1.29, 1.82) is 5.26 Å². The molecular weight excluding hydrogens is 340 g/mol. The largest absolute Gasteiger partial charge is 0.459 e. The molecular formula is C17H14N4O3S. The van der Waals surface area contributed by atoms with Crippen molar-refractivity contribution in [2.75, 3.05) is 31.1 Å². The first-order chi connectivity index (χ1) is 12.2. The van der Waals surface area contributed by atoms with Gasteiger partial charge in [-0.25, -0.2) is 0 Å². The minimum absolute atomic E-state index is 0.126. The van der Waals surface area contributed by atoms with E-state index in [1.807, 2.05) is 22.4 Å². The summed E-state index contributed by atoms with van der Waals surface area (Å²) in [6.07, 6.45) is 1.48. The molecule has 0 bridgehead atoms. The first kappa shape index (κ1) is 15.5. The van der Waals surface area contributed by atoms with Gasteiger partial charge in [-0.2, -0.15) is 5.26 Å². The average molecular weight is 354 g/mol. The number of amides is 1. The van der Waals surface area contributed by atoms with Gasteiger partial charge in [0, 0.05) is 26.2 Å². The summed E-state index contributed by atoms with van der Waals surface area (Å²) < 4.78 is 6.06. The molecule has 8 heteroatoms. The number of rotatable bonds is 2. The van der Waals surface area contributed by atoms with Crippen molar-refractivity contribution in [3.63, 3.8) is 0 Å². The summed E-state index contributed by atoms with van der Waals surface area (Å²) in [5.74, 6) is 0.181. The zero-order valence-electron chi connectivity index (χ0n) is 13.2. The van der Waals surface area contributed by atoms with Crippen LogP contribution >= 0.6 is 11.3 Å². The molecule has 4 heterocycles. The molecule has 126 valence electrons. The Labute approximate surface area is 146 Å². The first-order valence-corrected chi connectivity index (χ1v) is 8.68. The van der Waals surface area contributed by atoms with Crippen molar-refractivity contribution >= 4 is 33.1 Å². The second-order valence-electron chi connectivity index (χ2n) is 5.71. The summed E-state index contributed by atoms with van der Waals surface area (Å²) in [7, 11) is 0. The van der Waals surface area contributed by atoms with Crippen molar-refractivity contribution in [3.8, 4) is 6.07 Å². The molecule has 0 saturated carbocycles. The quantitative estimate of drug-likeness (QED) is 0.760. The Morgan fingerprint density at radius 2 is 2.08 bits per heavy atom. The van der Waals surface area contributed by atoms with E-state index < -0.39 is 0 Å². The SMILES string of the molecule is N#Cc1c(N2CCN(C(=O)c3ccco3)CC2)c2sccc2[nH]c1=O. The number of aromatic nitrogens is 1. The number of nitriles is 1. The van der Waals surface area contributed by atoms with Crippen molar-refractivity contribution in [3.05, 3.63) is 51.5 Å². The number of aromatic amines is 1. The standard InChI is InChI=1S/C17H14N4O3S/c18-10-11-14(15-12(3-9-25-15)19-16(11)22)20-4-6-21(7-5-20)17(23)13-2-1-8-24-13/h1-3,8-9H,4-7H2,(H,19,22). The van der Waals surface area contributed by atoms with Gasteiger partial charge >= 0.3 is 0 Å². The zero-order valence-corrected chi connectivity index (χ0v) is 14.0. The number of nitrogens with one attached hydrogen (secondary N) is 1. The summed E-state index contributed by atoms with van der Waals surface area (Å²) in [6.45, 7) is 2.11. The summed E-state index contributed by atoms with van der Waals surface area (Å²) in [6, 6.07) is 7.20. The van der Waals surface area contributed by atoms with Crippen LogP contribution in [-0.4, -0.2) is 42.0 Å². The van der Waals surface area contributed by atoms with Crippen LogP contribution in [0.1, 0.15) is 16.1 Å². The number of carbonyl (C=O) groups excluding carboxylic acids is 1. The monoisotopic (exact) mass is 354 g/mol. The van der Waals surface area contributed by atoms with Gasteiger partial charge in [0.1, 0.15) is 11.6 Å². The first-order valence-electron chi connectivity index (χ1n) is 7.80. The fourth-order valence-corrected chi connectivity index (χ4v) is 4.02. The van der Waals surface area contributed by atoms with Crippen molar-refractivity contribution in [1.82, 2.24) is 9.88 Å². The molecule has 1 aliphatic rings. The highest BCUT2D eigenvalue weighted by Crippen LogP contribution is 2.32. The van der Waals surface area contributed by atoms with E-state index in [-0.39, 0.29) is 17.0 Å². The van der Waals surface area contributed by atoms with E-state index in [0.717, 1.165) is 10.2 Å². The van der Waals surface area contributed by atoms with Crippen LogP contribution in [-0.2, 0) is 0 Å². The topological polar surface area (TPSA) is 93.3 Å². The molecule has 0 radical (unpaired) electrons. The lowest BCUT2D eigenvalue weighted by Gasteiger charge is -2.36. The highest BCUT2D eigenvalue weighted by atomic mass is 32.1. The Kier molecular flexibility index (Phi) is 3.78. The molecule has 0 atom stereocenters. The molecule has 1 N–H and O–H groups in total. The van der Waals surface area contributed by atoms with Crippen molar-refractivity contribution in [2.24, 2.45) is 0 Å². The predicted octanol–water partition coefficient (Wildman–Crippen LogP) is 2.02. The van der Waals surface area contributed by atoms with Gasteiger partial charge in [0.05, 0.1) is 22.2 Å². The van der Waals surface area contributed by atoms with Gasteiger partial charge in [-0.1, -0.05) is 0 Å². The summed E-state index contributed by atoms with van der Waals surface area (Å²) >= 11 is 1.49. The van der Waals surface area contributed by atoms with E-state index in [1.54, 1.807) is 17.0 Å². The number of nitrogens with zero attached hydrogens (tertiary/aromatic N) is 3. The molecule has 0 unspecified atom stereocenters. The van der Waals surface area contributed by atoms with Crippen LogP contribution in [0.4, 0.5) is 5.69 Å². The highest BCUT2D eigenvalue weighted by molar-refractivity contribution is 7.17. The normalized spacial score (nSPS) is 14.7. The smallest absolute Gasteiger partial charge is 0.289 e. The lowest BCUT2D eigenvalue weighted by molar-refractivity contribution is 0.0715. The molecule has 0 spiro atoms. The maximum Gasteiger partial charge on any atom is 0.289 e. The number of thiophene rings is 1. The van der Waals surface area contributed by atoms with Gasteiger partial charge in [0.25, 0.3) is 11.5 Å². The van der Waals surface area contributed by atoms with Gasteiger partial charge in [0.2, 0.25) is 0 Å². The summed E-state index contributed by atoms with van der Waals surface area (Å²) in [5.41, 5.74) is 1.15. The number of hydrogen-bond acceptors (Lipinski definition) is 6. The van der Waals surface area contributed by atoms with Crippen molar-refractivity contribution < 1.29 is 9.21 Å².